The standard InChI is InChI=1S/C22H16BrN3O4/c1-30-16-8-6-13(7-9-16)19(27)17-18(14-4-2-5-15(23)12-14)26(21(29)20(17)28)22-24-10-3-11-25-22/h2-12,18,27H,1H3/t18-/m0/s1. The van der Waals surface area contributed by atoms with Gasteiger partial charge in [0, 0.05) is 22.4 Å². The number of methoxy groups -OCH3 is 1. The van der Waals surface area contributed by atoms with Crippen LogP contribution in [-0.2, 0) is 9.59 Å². The van der Waals surface area contributed by atoms with Crippen LogP contribution < -0.4 is 9.64 Å². The molecule has 0 unspecified atom stereocenters. The second kappa shape index (κ2) is 8.08. The van der Waals surface area contributed by atoms with Crippen molar-refractivity contribution in [2.24, 2.45) is 0 Å². The summed E-state index contributed by atoms with van der Waals surface area (Å²) in [6.45, 7) is 0. The third-order valence-electron chi connectivity index (χ3n) is 4.74. The van der Waals surface area contributed by atoms with Crippen molar-refractivity contribution < 1.29 is 19.4 Å². The fraction of sp³-hybridized carbons (Fsp3) is 0.0909. The Labute approximate surface area is 180 Å². The van der Waals surface area contributed by atoms with Crippen LogP contribution in [0.5, 0.6) is 5.75 Å². The summed E-state index contributed by atoms with van der Waals surface area (Å²) in [6.07, 6.45) is 2.98. The summed E-state index contributed by atoms with van der Waals surface area (Å²) in [7, 11) is 1.54. The van der Waals surface area contributed by atoms with Crippen molar-refractivity contribution in [2.75, 3.05) is 12.0 Å². The first kappa shape index (κ1) is 19.8. The minimum atomic E-state index is -0.882. The summed E-state index contributed by atoms with van der Waals surface area (Å²) in [5.74, 6) is -1.20. The SMILES string of the molecule is COc1ccc(C(O)=C2C(=O)C(=O)N(c3ncccn3)[C@H]2c2cccc(Br)c2)cc1. The molecular weight excluding hydrogens is 450 g/mol. The van der Waals surface area contributed by atoms with Gasteiger partial charge in [0.15, 0.2) is 0 Å². The van der Waals surface area contributed by atoms with Crippen molar-refractivity contribution in [1.29, 1.82) is 0 Å². The number of aliphatic hydroxyl groups is 1. The molecule has 0 bridgehead atoms. The lowest BCUT2D eigenvalue weighted by atomic mass is 9.95. The molecule has 30 heavy (non-hydrogen) atoms. The molecule has 1 aliphatic heterocycles. The van der Waals surface area contributed by atoms with Crippen molar-refractivity contribution in [3.05, 3.63) is 88.2 Å². The van der Waals surface area contributed by atoms with Crippen LogP contribution >= 0.6 is 15.9 Å². The van der Waals surface area contributed by atoms with Gasteiger partial charge in [0.05, 0.1) is 18.7 Å². The maximum Gasteiger partial charge on any atom is 0.302 e. The van der Waals surface area contributed by atoms with Crippen LogP contribution in [0.4, 0.5) is 5.95 Å². The Balaban J connectivity index is 1.93. The number of aliphatic hydroxyl groups excluding tert-OH is 1. The average Bonchev–Trinajstić information content (AvgIpc) is 3.04. The van der Waals surface area contributed by atoms with E-state index in [9.17, 15) is 14.7 Å². The Hall–Kier alpha value is -3.52. The number of benzene rings is 2. The monoisotopic (exact) mass is 465 g/mol. The first-order valence-electron chi connectivity index (χ1n) is 8.99. The predicted octanol–water partition coefficient (Wildman–Crippen LogP) is 3.87. The van der Waals surface area contributed by atoms with E-state index in [-0.39, 0.29) is 17.3 Å². The topological polar surface area (TPSA) is 92.6 Å². The molecule has 1 fully saturated rings. The van der Waals surface area contributed by atoms with Crippen molar-refractivity contribution in [3.8, 4) is 5.75 Å². The van der Waals surface area contributed by atoms with Gasteiger partial charge in [-0.3, -0.25) is 14.5 Å². The Bertz CT molecular complexity index is 1150. The van der Waals surface area contributed by atoms with E-state index in [1.165, 1.54) is 24.4 Å². The Morgan fingerprint density at radius 1 is 1.07 bits per heavy atom. The molecule has 1 aliphatic rings. The second-order valence-electron chi connectivity index (χ2n) is 6.50. The normalized spacial score (nSPS) is 17.9. The third-order valence-corrected chi connectivity index (χ3v) is 5.23. The highest BCUT2D eigenvalue weighted by Gasteiger charge is 2.48. The zero-order valence-corrected chi connectivity index (χ0v) is 17.4. The fourth-order valence-electron chi connectivity index (χ4n) is 3.35. The van der Waals surface area contributed by atoms with E-state index in [1.807, 2.05) is 6.07 Å². The van der Waals surface area contributed by atoms with Gasteiger partial charge in [0.2, 0.25) is 5.95 Å². The van der Waals surface area contributed by atoms with Crippen molar-refractivity contribution in [2.45, 2.75) is 6.04 Å². The third kappa shape index (κ3) is 3.46. The van der Waals surface area contributed by atoms with E-state index in [4.69, 9.17) is 4.74 Å². The summed E-state index contributed by atoms with van der Waals surface area (Å²) in [4.78, 5) is 35.4. The zero-order chi connectivity index (χ0) is 21.3. The van der Waals surface area contributed by atoms with Crippen LogP contribution in [0.25, 0.3) is 5.76 Å². The van der Waals surface area contributed by atoms with E-state index in [0.717, 1.165) is 4.47 Å². The van der Waals surface area contributed by atoms with Crippen LogP contribution in [0.15, 0.2) is 77.0 Å². The quantitative estimate of drug-likeness (QED) is 0.357. The number of carbonyl (C=O) groups excluding carboxylic acids is 2. The zero-order valence-electron chi connectivity index (χ0n) is 15.8. The molecule has 3 aromatic rings. The second-order valence-corrected chi connectivity index (χ2v) is 7.42. The van der Waals surface area contributed by atoms with Gasteiger partial charge in [-0.1, -0.05) is 28.1 Å². The van der Waals surface area contributed by atoms with Gasteiger partial charge in [-0.2, -0.15) is 0 Å². The molecule has 1 atom stereocenters. The highest BCUT2D eigenvalue weighted by molar-refractivity contribution is 9.10. The van der Waals surface area contributed by atoms with Gasteiger partial charge in [-0.05, 0) is 48.0 Å². The summed E-state index contributed by atoms with van der Waals surface area (Å²) in [6, 6.07) is 14.5. The number of anilines is 1. The molecule has 1 N–H and O–H groups in total. The van der Waals surface area contributed by atoms with Crippen LogP contribution in [0.2, 0.25) is 0 Å². The molecule has 8 heteroatoms. The summed E-state index contributed by atoms with van der Waals surface area (Å²) < 4.78 is 5.91. The van der Waals surface area contributed by atoms with Crippen molar-refractivity contribution >= 4 is 39.3 Å². The van der Waals surface area contributed by atoms with E-state index in [1.54, 1.807) is 48.5 Å². The summed E-state index contributed by atoms with van der Waals surface area (Å²) in [5, 5.41) is 11.0. The van der Waals surface area contributed by atoms with Crippen LogP contribution in [0, 0.1) is 0 Å². The van der Waals surface area contributed by atoms with Crippen LogP contribution in [-0.4, -0.2) is 33.9 Å². The fourth-order valence-corrected chi connectivity index (χ4v) is 3.77. The number of ketones is 1. The molecule has 2 aromatic carbocycles. The highest BCUT2D eigenvalue weighted by atomic mass is 79.9. The van der Waals surface area contributed by atoms with Crippen molar-refractivity contribution in [3.63, 3.8) is 0 Å². The Kier molecular flexibility index (Phi) is 5.33. The largest absolute Gasteiger partial charge is 0.507 e. The van der Waals surface area contributed by atoms with E-state index in [2.05, 4.69) is 25.9 Å². The van der Waals surface area contributed by atoms with E-state index in [0.29, 0.717) is 16.9 Å². The first-order chi connectivity index (χ1) is 14.5. The Morgan fingerprint density at radius 3 is 2.40 bits per heavy atom. The average molecular weight is 466 g/mol. The number of amides is 1. The molecule has 1 saturated heterocycles. The lowest BCUT2D eigenvalue weighted by Crippen LogP contribution is -2.31. The molecule has 0 spiro atoms. The van der Waals surface area contributed by atoms with Gasteiger partial charge in [0.25, 0.3) is 5.78 Å². The number of hydrogen-bond acceptors (Lipinski definition) is 6. The molecule has 1 aromatic heterocycles. The number of rotatable bonds is 4. The number of Topliss-reactive ketones (excluding diaryl/α,β-unsaturated/α-hetero) is 1. The maximum absolute atomic E-state index is 13.0. The van der Waals surface area contributed by atoms with Gasteiger partial charge in [0.1, 0.15) is 11.5 Å². The molecule has 1 amide bonds. The van der Waals surface area contributed by atoms with Gasteiger partial charge in [-0.15, -0.1) is 0 Å². The molecule has 0 saturated carbocycles. The highest BCUT2D eigenvalue weighted by Crippen LogP contribution is 2.41. The smallest absolute Gasteiger partial charge is 0.302 e. The minimum Gasteiger partial charge on any atom is -0.507 e. The van der Waals surface area contributed by atoms with Gasteiger partial charge < -0.3 is 9.84 Å². The number of carbonyl (C=O) groups is 2. The van der Waals surface area contributed by atoms with Gasteiger partial charge in [-0.25, -0.2) is 9.97 Å². The number of hydrogen-bond donors (Lipinski definition) is 1. The molecule has 150 valence electrons. The lowest BCUT2D eigenvalue weighted by molar-refractivity contribution is -0.132. The summed E-state index contributed by atoms with van der Waals surface area (Å²) >= 11 is 3.42. The molecule has 0 aliphatic carbocycles. The molecule has 2 heterocycles. The number of aromatic nitrogens is 2. The minimum absolute atomic E-state index is 0.0317. The van der Waals surface area contributed by atoms with E-state index >= 15 is 0 Å². The molecular formula is C22H16BrN3O4. The van der Waals surface area contributed by atoms with Crippen LogP contribution in [0.1, 0.15) is 17.2 Å². The maximum atomic E-state index is 13.0. The predicted molar refractivity (Wildman–Crippen MR) is 114 cm³/mol. The number of ether oxygens (including phenoxy) is 1. The van der Waals surface area contributed by atoms with Crippen LogP contribution in [0.3, 0.4) is 0 Å². The molecule has 4 rings (SSSR count). The number of nitrogens with zero attached hydrogens (tertiary/aromatic N) is 3. The van der Waals surface area contributed by atoms with Crippen molar-refractivity contribution in [1.82, 2.24) is 9.97 Å². The molecule has 0 radical (unpaired) electrons. The molecule has 7 nitrogen and oxygen atoms in total. The first-order valence-corrected chi connectivity index (χ1v) is 9.78. The Morgan fingerprint density at radius 2 is 1.77 bits per heavy atom. The summed E-state index contributed by atoms with van der Waals surface area (Å²) in [5.41, 5.74) is 0.990. The van der Waals surface area contributed by atoms with E-state index < -0.39 is 17.7 Å². The number of halogens is 1. The lowest BCUT2D eigenvalue weighted by Gasteiger charge is -2.23. The van der Waals surface area contributed by atoms with Gasteiger partial charge >= 0.3 is 5.91 Å².